The van der Waals surface area contributed by atoms with Crippen LogP contribution in [0.1, 0.15) is 0 Å². The van der Waals surface area contributed by atoms with Crippen molar-refractivity contribution in [3.63, 3.8) is 0 Å². The fourth-order valence-corrected chi connectivity index (χ4v) is 1.79. The van der Waals surface area contributed by atoms with Gasteiger partial charge in [-0.1, -0.05) is 17.7 Å². The van der Waals surface area contributed by atoms with E-state index in [0.717, 1.165) is 4.57 Å². The van der Waals surface area contributed by atoms with Crippen LogP contribution in [0.2, 0.25) is 5.02 Å². The number of aromatic nitrogens is 1. The lowest BCUT2D eigenvalue weighted by molar-refractivity contribution is -0.116. The van der Waals surface area contributed by atoms with Gasteiger partial charge in [0.05, 0.1) is 10.7 Å². The fraction of sp³-hybridized carbons (Fsp3) is 0.0769. The predicted molar refractivity (Wildman–Crippen MR) is 75.2 cm³/mol. The Morgan fingerprint density at radius 3 is 2.85 bits per heavy atom. The maximum absolute atomic E-state index is 13.6. The van der Waals surface area contributed by atoms with Crippen LogP contribution in [0.25, 0.3) is 0 Å². The van der Waals surface area contributed by atoms with Crippen LogP contribution in [0.4, 0.5) is 15.8 Å². The molecule has 0 unspecified atom stereocenters. The molecule has 0 aliphatic heterocycles. The Labute approximate surface area is 118 Å². The van der Waals surface area contributed by atoms with E-state index in [0.29, 0.717) is 5.69 Å². The molecule has 2 aromatic rings. The van der Waals surface area contributed by atoms with E-state index >= 15 is 0 Å². The number of halogens is 2. The van der Waals surface area contributed by atoms with Crippen LogP contribution in [-0.2, 0) is 11.3 Å². The van der Waals surface area contributed by atoms with E-state index in [9.17, 15) is 14.0 Å². The maximum Gasteiger partial charge on any atom is 0.251 e. The minimum Gasteiger partial charge on any atom is -0.398 e. The van der Waals surface area contributed by atoms with Crippen LogP contribution in [0.15, 0.2) is 41.3 Å². The summed E-state index contributed by atoms with van der Waals surface area (Å²) in [4.78, 5) is 23.3. The first-order valence-corrected chi connectivity index (χ1v) is 6.05. The maximum atomic E-state index is 13.6. The van der Waals surface area contributed by atoms with Gasteiger partial charge in [-0.05, 0) is 18.2 Å². The zero-order valence-corrected chi connectivity index (χ0v) is 11.0. The summed E-state index contributed by atoms with van der Waals surface area (Å²) >= 11 is 5.61. The largest absolute Gasteiger partial charge is 0.398 e. The Kier molecular flexibility index (Phi) is 4.05. The van der Waals surface area contributed by atoms with Crippen LogP contribution >= 0.6 is 11.6 Å². The second kappa shape index (κ2) is 5.75. The van der Waals surface area contributed by atoms with Crippen LogP contribution in [-0.4, -0.2) is 10.5 Å². The van der Waals surface area contributed by atoms with Gasteiger partial charge in [0.2, 0.25) is 5.91 Å². The van der Waals surface area contributed by atoms with Gasteiger partial charge in [0.15, 0.2) is 5.82 Å². The SMILES string of the molecule is Nc1ccc(=O)n(CC(=O)Nc2cccc(Cl)c2F)c1. The minimum absolute atomic E-state index is 0.0422. The van der Waals surface area contributed by atoms with Gasteiger partial charge in [0.1, 0.15) is 6.54 Å². The van der Waals surface area contributed by atoms with E-state index in [2.05, 4.69) is 5.32 Å². The average Bonchev–Trinajstić information content (AvgIpc) is 2.39. The molecule has 1 aromatic carbocycles. The quantitative estimate of drug-likeness (QED) is 0.907. The van der Waals surface area contributed by atoms with Gasteiger partial charge in [0.25, 0.3) is 5.56 Å². The standard InChI is InChI=1S/C13H11ClFN3O2/c14-9-2-1-3-10(13(9)15)17-11(19)7-18-6-8(16)4-5-12(18)20/h1-6H,7,16H2,(H,17,19). The zero-order chi connectivity index (χ0) is 14.7. The second-order valence-corrected chi connectivity index (χ2v) is 4.49. The summed E-state index contributed by atoms with van der Waals surface area (Å²) in [7, 11) is 0. The van der Waals surface area contributed by atoms with Gasteiger partial charge in [-0.15, -0.1) is 0 Å². The molecule has 0 atom stereocenters. The van der Waals surface area contributed by atoms with Crippen LogP contribution in [0.5, 0.6) is 0 Å². The smallest absolute Gasteiger partial charge is 0.251 e. The molecule has 0 fully saturated rings. The Morgan fingerprint density at radius 1 is 1.35 bits per heavy atom. The van der Waals surface area contributed by atoms with Gasteiger partial charge in [-0.2, -0.15) is 0 Å². The zero-order valence-electron chi connectivity index (χ0n) is 10.3. The molecule has 1 amide bonds. The first kappa shape index (κ1) is 14.1. The third kappa shape index (κ3) is 3.16. The van der Waals surface area contributed by atoms with Crippen molar-refractivity contribution in [1.29, 1.82) is 0 Å². The highest BCUT2D eigenvalue weighted by atomic mass is 35.5. The molecule has 0 saturated heterocycles. The molecule has 104 valence electrons. The highest BCUT2D eigenvalue weighted by molar-refractivity contribution is 6.31. The second-order valence-electron chi connectivity index (χ2n) is 4.08. The van der Waals surface area contributed by atoms with Crippen molar-refractivity contribution in [3.05, 3.63) is 57.7 Å². The number of carbonyl (C=O) groups excluding carboxylic acids is 1. The summed E-state index contributed by atoms with van der Waals surface area (Å²) in [5.74, 6) is -1.28. The van der Waals surface area contributed by atoms with Gasteiger partial charge in [-0.3, -0.25) is 9.59 Å². The van der Waals surface area contributed by atoms with Crippen molar-refractivity contribution in [2.45, 2.75) is 6.54 Å². The molecule has 0 aliphatic carbocycles. The monoisotopic (exact) mass is 295 g/mol. The van der Waals surface area contributed by atoms with Crippen molar-refractivity contribution < 1.29 is 9.18 Å². The van der Waals surface area contributed by atoms with E-state index in [-0.39, 0.29) is 22.8 Å². The molecule has 0 saturated carbocycles. The molecule has 2 rings (SSSR count). The van der Waals surface area contributed by atoms with E-state index in [1.807, 2.05) is 0 Å². The van der Waals surface area contributed by atoms with Crippen LogP contribution < -0.4 is 16.6 Å². The van der Waals surface area contributed by atoms with Crippen molar-refractivity contribution >= 4 is 28.9 Å². The summed E-state index contributed by atoms with van der Waals surface area (Å²) in [5.41, 5.74) is 5.47. The Morgan fingerprint density at radius 2 is 2.10 bits per heavy atom. The first-order chi connectivity index (χ1) is 9.47. The number of benzene rings is 1. The molecule has 1 heterocycles. The fourth-order valence-electron chi connectivity index (χ4n) is 1.62. The number of nitrogens with zero attached hydrogens (tertiary/aromatic N) is 1. The molecule has 0 spiro atoms. The van der Waals surface area contributed by atoms with Crippen molar-refractivity contribution in [1.82, 2.24) is 4.57 Å². The number of pyridine rings is 1. The molecule has 0 aliphatic rings. The average molecular weight is 296 g/mol. The molecule has 20 heavy (non-hydrogen) atoms. The van der Waals surface area contributed by atoms with E-state index in [1.165, 1.54) is 36.5 Å². The molecular formula is C13H11ClFN3O2. The number of hydrogen-bond donors (Lipinski definition) is 2. The van der Waals surface area contributed by atoms with Crippen LogP contribution in [0.3, 0.4) is 0 Å². The highest BCUT2D eigenvalue weighted by Crippen LogP contribution is 2.21. The molecule has 0 bridgehead atoms. The van der Waals surface area contributed by atoms with Crippen molar-refractivity contribution in [3.8, 4) is 0 Å². The third-order valence-corrected chi connectivity index (χ3v) is 2.84. The summed E-state index contributed by atoms with van der Waals surface area (Å²) in [6, 6.07) is 6.94. The summed E-state index contributed by atoms with van der Waals surface area (Å²) in [6.45, 7) is -0.268. The number of anilines is 2. The van der Waals surface area contributed by atoms with Crippen LogP contribution in [0, 0.1) is 5.82 Å². The minimum atomic E-state index is -0.720. The normalized spacial score (nSPS) is 10.3. The number of carbonyl (C=O) groups is 1. The topological polar surface area (TPSA) is 77.1 Å². The molecule has 5 nitrogen and oxygen atoms in total. The number of nitrogens with two attached hydrogens (primary N) is 1. The van der Waals surface area contributed by atoms with Gasteiger partial charge < -0.3 is 15.6 Å². The lowest BCUT2D eigenvalue weighted by Gasteiger charge is -2.09. The lowest BCUT2D eigenvalue weighted by atomic mass is 10.3. The van der Waals surface area contributed by atoms with E-state index in [1.54, 1.807) is 0 Å². The summed E-state index contributed by atoms with van der Waals surface area (Å²) < 4.78 is 14.7. The predicted octanol–water partition coefficient (Wildman–Crippen LogP) is 1.86. The molecule has 1 aromatic heterocycles. The number of nitrogens with one attached hydrogen (secondary N) is 1. The Balaban J connectivity index is 2.15. The van der Waals surface area contributed by atoms with Gasteiger partial charge >= 0.3 is 0 Å². The molecular weight excluding hydrogens is 285 g/mol. The molecule has 7 heteroatoms. The van der Waals surface area contributed by atoms with E-state index < -0.39 is 11.7 Å². The number of nitrogen functional groups attached to an aromatic ring is 1. The van der Waals surface area contributed by atoms with E-state index in [4.69, 9.17) is 17.3 Å². The third-order valence-electron chi connectivity index (χ3n) is 2.55. The molecule has 0 radical (unpaired) electrons. The van der Waals surface area contributed by atoms with Gasteiger partial charge in [0, 0.05) is 18.0 Å². The Hall–Kier alpha value is -2.34. The number of amides is 1. The number of hydrogen-bond acceptors (Lipinski definition) is 3. The Bertz CT molecular complexity index is 715. The number of rotatable bonds is 3. The highest BCUT2D eigenvalue weighted by Gasteiger charge is 2.10. The first-order valence-electron chi connectivity index (χ1n) is 5.67. The van der Waals surface area contributed by atoms with Crippen molar-refractivity contribution in [2.24, 2.45) is 0 Å². The van der Waals surface area contributed by atoms with Crippen molar-refractivity contribution in [2.75, 3.05) is 11.1 Å². The van der Waals surface area contributed by atoms with Gasteiger partial charge in [-0.25, -0.2) is 4.39 Å². The summed E-state index contributed by atoms with van der Waals surface area (Å²) in [5, 5.41) is 2.25. The lowest BCUT2D eigenvalue weighted by Crippen LogP contribution is -2.27. The molecule has 3 N–H and O–H groups in total. The summed E-state index contributed by atoms with van der Waals surface area (Å²) in [6.07, 6.45) is 1.34.